The molecule has 0 unspecified atom stereocenters. The van der Waals surface area contributed by atoms with Crippen LogP contribution in [0.1, 0.15) is 5.56 Å². The molecule has 0 amide bonds. The van der Waals surface area contributed by atoms with Gasteiger partial charge in [-0.3, -0.25) is 0 Å². The zero-order valence-electron chi connectivity index (χ0n) is 8.59. The van der Waals surface area contributed by atoms with E-state index in [-0.39, 0.29) is 11.6 Å². The van der Waals surface area contributed by atoms with Crippen LogP contribution in [0.5, 0.6) is 5.75 Å². The molecule has 2 rings (SSSR count). The molecule has 0 radical (unpaired) electrons. The fraction of sp³-hybridized carbons (Fsp3) is 0.455. The molecule has 82 valence electrons. The summed E-state index contributed by atoms with van der Waals surface area (Å²) in [7, 11) is 1.43. The Morgan fingerprint density at radius 2 is 2.27 bits per heavy atom. The Labute approximate surface area is 87.9 Å². The lowest BCUT2D eigenvalue weighted by molar-refractivity contribution is -0.00973. The van der Waals surface area contributed by atoms with Crippen molar-refractivity contribution in [2.24, 2.45) is 0 Å². The fourth-order valence-corrected chi connectivity index (χ4v) is 1.74. The average molecular weight is 211 g/mol. The maximum Gasteiger partial charge on any atom is 0.168 e. The van der Waals surface area contributed by atoms with E-state index in [1.54, 1.807) is 18.2 Å². The van der Waals surface area contributed by atoms with Gasteiger partial charge in [-0.1, -0.05) is 12.1 Å². The van der Waals surface area contributed by atoms with Gasteiger partial charge in [-0.05, 0) is 11.6 Å². The van der Waals surface area contributed by atoms with E-state index in [4.69, 9.17) is 4.74 Å². The van der Waals surface area contributed by atoms with Crippen LogP contribution in [0.15, 0.2) is 18.2 Å². The third-order valence-corrected chi connectivity index (χ3v) is 2.69. The molecule has 0 spiro atoms. The molecule has 4 heteroatoms. The van der Waals surface area contributed by atoms with E-state index in [2.05, 4.69) is 5.32 Å². The van der Waals surface area contributed by atoms with Crippen LogP contribution in [0, 0.1) is 5.82 Å². The molecule has 1 heterocycles. The van der Waals surface area contributed by atoms with Crippen LogP contribution in [0.25, 0.3) is 0 Å². The summed E-state index contributed by atoms with van der Waals surface area (Å²) in [5.41, 5.74) is -0.300. The molecular formula is C11H14FNO2. The van der Waals surface area contributed by atoms with Gasteiger partial charge in [-0.25, -0.2) is 4.39 Å². The van der Waals surface area contributed by atoms with Gasteiger partial charge in [-0.15, -0.1) is 0 Å². The van der Waals surface area contributed by atoms with Gasteiger partial charge in [0.1, 0.15) is 0 Å². The van der Waals surface area contributed by atoms with E-state index in [9.17, 15) is 9.50 Å². The largest absolute Gasteiger partial charge is 0.494 e. The van der Waals surface area contributed by atoms with Crippen LogP contribution in [-0.4, -0.2) is 30.9 Å². The minimum Gasteiger partial charge on any atom is -0.494 e. The standard InChI is InChI=1S/C11H14FNO2/c1-15-9-4-2-3-8(10(9)12)5-11(14)6-13-7-11/h2-4,13-14H,5-7H2,1H3. The molecule has 1 fully saturated rings. The van der Waals surface area contributed by atoms with Crippen LogP contribution in [0.2, 0.25) is 0 Å². The molecular weight excluding hydrogens is 197 g/mol. The van der Waals surface area contributed by atoms with Gasteiger partial charge in [0, 0.05) is 19.5 Å². The summed E-state index contributed by atoms with van der Waals surface area (Å²) < 4.78 is 18.6. The number of ether oxygens (including phenoxy) is 1. The number of halogens is 1. The Bertz CT molecular complexity index is 364. The van der Waals surface area contributed by atoms with E-state index >= 15 is 0 Å². The summed E-state index contributed by atoms with van der Waals surface area (Å²) in [6, 6.07) is 4.97. The minimum atomic E-state index is -0.798. The Morgan fingerprint density at radius 3 is 2.80 bits per heavy atom. The molecule has 1 aromatic rings. The van der Waals surface area contributed by atoms with E-state index < -0.39 is 5.60 Å². The van der Waals surface area contributed by atoms with Crippen LogP contribution < -0.4 is 10.1 Å². The predicted octanol–water partition coefficient (Wildman–Crippen LogP) is 0.711. The number of methoxy groups -OCH3 is 1. The average Bonchev–Trinajstić information content (AvgIpc) is 2.19. The third-order valence-electron chi connectivity index (χ3n) is 2.69. The molecule has 15 heavy (non-hydrogen) atoms. The highest BCUT2D eigenvalue weighted by Gasteiger charge is 2.35. The van der Waals surface area contributed by atoms with Gasteiger partial charge in [0.15, 0.2) is 11.6 Å². The van der Waals surface area contributed by atoms with Crippen molar-refractivity contribution >= 4 is 0 Å². The van der Waals surface area contributed by atoms with Crippen LogP contribution in [-0.2, 0) is 6.42 Å². The van der Waals surface area contributed by atoms with E-state index in [1.807, 2.05) is 0 Å². The lowest BCUT2D eigenvalue weighted by Gasteiger charge is -2.37. The second kappa shape index (κ2) is 3.79. The summed E-state index contributed by atoms with van der Waals surface area (Å²) in [4.78, 5) is 0. The number of rotatable bonds is 3. The second-order valence-corrected chi connectivity index (χ2v) is 3.94. The summed E-state index contributed by atoms with van der Waals surface area (Å²) >= 11 is 0. The van der Waals surface area contributed by atoms with Crippen molar-refractivity contribution in [3.8, 4) is 5.75 Å². The van der Waals surface area contributed by atoms with Crippen LogP contribution in [0.4, 0.5) is 4.39 Å². The highest BCUT2D eigenvalue weighted by atomic mass is 19.1. The van der Waals surface area contributed by atoms with Crippen molar-refractivity contribution in [1.82, 2.24) is 5.32 Å². The molecule has 1 aliphatic rings. The molecule has 2 N–H and O–H groups in total. The molecule has 0 saturated carbocycles. The first-order valence-electron chi connectivity index (χ1n) is 4.89. The molecule has 1 aliphatic heterocycles. The Kier molecular flexibility index (Phi) is 2.63. The van der Waals surface area contributed by atoms with E-state index in [0.717, 1.165) is 0 Å². The third kappa shape index (κ3) is 1.96. The van der Waals surface area contributed by atoms with Crippen molar-refractivity contribution in [2.75, 3.05) is 20.2 Å². The van der Waals surface area contributed by atoms with Gasteiger partial charge in [-0.2, -0.15) is 0 Å². The highest BCUT2D eigenvalue weighted by Crippen LogP contribution is 2.25. The van der Waals surface area contributed by atoms with Crippen LogP contribution in [0.3, 0.4) is 0 Å². The molecule has 0 aliphatic carbocycles. The number of β-amino-alcohol motifs (C(OH)–C–C–N with tert-alkyl or cyclic N) is 1. The molecule has 0 aromatic heterocycles. The number of hydrogen-bond acceptors (Lipinski definition) is 3. The number of aliphatic hydroxyl groups is 1. The first kappa shape index (κ1) is 10.4. The lowest BCUT2D eigenvalue weighted by Crippen LogP contribution is -2.60. The fourth-order valence-electron chi connectivity index (χ4n) is 1.74. The van der Waals surface area contributed by atoms with Crippen molar-refractivity contribution in [2.45, 2.75) is 12.0 Å². The van der Waals surface area contributed by atoms with E-state index in [1.165, 1.54) is 7.11 Å². The Morgan fingerprint density at radius 1 is 1.53 bits per heavy atom. The summed E-state index contributed by atoms with van der Waals surface area (Å²) in [6.45, 7) is 1.04. The molecule has 0 bridgehead atoms. The summed E-state index contributed by atoms with van der Waals surface area (Å²) in [5.74, 6) is -0.149. The number of hydrogen-bond donors (Lipinski definition) is 2. The molecule has 3 nitrogen and oxygen atoms in total. The Hall–Kier alpha value is -1.13. The van der Waals surface area contributed by atoms with Gasteiger partial charge >= 0.3 is 0 Å². The van der Waals surface area contributed by atoms with Gasteiger partial charge in [0.25, 0.3) is 0 Å². The second-order valence-electron chi connectivity index (χ2n) is 3.94. The normalized spacial score (nSPS) is 18.3. The quantitative estimate of drug-likeness (QED) is 0.773. The van der Waals surface area contributed by atoms with Crippen molar-refractivity contribution < 1.29 is 14.2 Å². The highest BCUT2D eigenvalue weighted by molar-refractivity contribution is 5.32. The zero-order valence-corrected chi connectivity index (χ0v) is 8.59. The maximum absolute atomic E-state index is 13.7. The van der Waals surface area contributed by atoms with Gasteiger partial charge < -0.3 is 15.2 Å². The topological polar surface area (TPSA) is 41.5 Å². The summed E-state index contributed by atoms with van der Waals surface area (Å²) in [6.07, 6.45) is 0.322. The first-order valence-corrected chi connectivity index (χ1v) is 4.89. The SMILES string of the molecule is COc1cccc(CC2(O)CNC2)c1F. The smallest absolute Gasteiger partial charge is 0.168 e. The van der Waals surface area contributed by atoms with Crippen molar-refractivity contribution in [1.29, 1.82) is 0 Å². The predicted molar refractivity (Wildman–Crippen MR) is 54.5 cm³/mol. The van der Waals surface area contributed by atoms with Crippen molar-refractivity contribution in [3.05, 3.63) is 29.6 Å². The zero-order chi connectivity index (χ0) is 10.9. The monoisotopic (exact) mass is 211 g/mol. The number of nitrogens with one attached hydrogen (secondary N) is 1. The maximum atomic E-state index is 13.7. The van der Waals surface area contributed by atoms with E-state index in [0.29, 0.717) is 25.1 Å². The molecule has 1 aromatic carbocycles. The molecule has 1 saturated heterocycles. The molecule has 0 atom stereocenters. The van der Waals surface area contributed by atoms with Gasteiger partial charge in [0.2, 0.25) is 0 Å². The minimum absolute atomic E-state index is 0.225. The van der Waals surface area contributed by atoms with Gasteiger partial charge in [0.05, 0.1) is 12.7 Å². The number of benzene rings is 1. The first-order chi connectivity index (χ1) is 7.14. The summed E-state index contributed by atoms with van der Waals surface area (Å²) in [5, 5.41) is 12.8. The Balaban J connectivity index is 2.20. The van der Waals surface area contributed by atoms with Crippen molar-refractivity contribution in [3.63, 3.8) is 0 Å². The lowest BCUT2D eigenvalue weighted by atomic mass is 9.89. The van der Waals surface area contributed by atoms with Crippen LogP contribution >= 0.6 is 0 Å².